The minimum atomic E-state index is -4.57. The average Bonchev–Trinajstić information content (AvgIpc) is 2.89. The van der Waals surface area contributed by atoms with E-state index in [2.05, 4.69) is 15.3 Å². The first-order chi connectivity index (χ1) is 11.8. The van der Waals surface area contributed by atoms with Crippen LogP contribution in [0.15, 0.2) is 30.3 Å². The second-order valence-corrected chi connectivity index (χ2v) is 5.59. The summed E-state index contributed by atoms with van der Waals surface area (Å²) in [6.45, 7) is 2.11. The molecule has 0 aliphatic carbocycles. The normalized spacial score (nSPS) is 11.5. The van der Waals surface area contributed by atoms with Crippen LogP contribution in [0.25, 0.3) is 11.0 Å². The van der Waals surface area contributed by atoms with Gasteiger partial charge in [0.2, 0.25) is 0 Å². The van der Waals surface area contributed by atoms with E-state index in [0.29, 0.717) is 5.82 Å². The van der Waals surface area contributed by atoms with Crippen LogP contribution in [0.2, 0.25) is 0 Å². The van der Waals surface area contributed by atoms with Crippen molar-refractivity contribution in [2.75, 3.05) is 5.32 Å². The summed E-state index contributed by atoms with van der Waals surface area (Å²) in [5.41, 5.74) is 1.81. The average molecular weight is 345 g/mol. The summed E-state index contributed by atoms with van der Waals surface area (Å²) < 4.78 is 40.3. The Kier molecular flexibility index (Phi) is 4.08. The molecule has 1 aromatic carbocycles. The van der Waals surface area contributed by atoms with E-state index in [1.165, 1.54) is 0 Å². The van der Waals surface area contributed by atoms with Crippen molar-refractivity contribution in [2.45, 2.75) is 19.6 Å². The van der Waals surface area contributed by atoms with Crippen LogP contribution in [0.3, 0.4) is 0 Å². The van der Waals surface area contributed by atoms with Gasteiger partial charge >= 0.3 is 6.18 Å². The highest BCUT2D eigenvalue weighted by atomic mass is 19.4. The zero-order valence-electron chi connectivity index (χ0n) is 13.5. The summed E-state index contributed by atoms with van der Waals surface area (Å²) in [6.07, 6.45) is -4.57. The Bertz CT molecular complexity index is 982. The maximum Gasteiger partial charge on any atom is 0.433 e. The molecular formula is C17H14F3N5. The maximum absolute atomic E-state index is 12.8. The van der Waals surface area contributed by atoms with Gasteiger partial charge in [0.25, 0.3) is 0 Å². The Morgan fingerprint density at radius 2 is 1.96 bits per heavy atom. The number of anilines is 1. The lowest BCUT2D eigenvalue weighted by atomic mass is 10.2. The Balaban J connectivity index is 1.93. The molecule has 2 aromatic heterocycles. The number of fused-ring (bicyclic) bond motifs is 1. The molecule has 0 aliphatic heterocycles. The van der Waals surface area contributed by atoms with Gasteiger partial charge in [-0.15, -0.1) is 0 Å². The van der Waals surface area contributed by atoms with E-state index < -0.39 is 11.9 Å². The number of benzene rings is 1. The summed E-state index contributed by atoms with van der Waals surface area (Å²) in [5.74, 6) is 0.522. The Hall–Kier alpha value is -3.08. The zero-order valence-corrected chi connectivity index (χ0v) is 13.5. The lowest BCUT2D eigenvalue weighted by Gasteiger charge is -2.11. The third-order valence-corrected chi connectivity index (χ3v) is 3.91. The highest BCUT2D eigenvalue weighted by molar-refractivity contribution is 5.79. The molecule has 25 heavy (non-hydrogen) atoms. The first-order valence-electron chi connectivity index (χ1n) is 7.44. The van der Waals surface area contributed by atoms with Crippen molar-refractivity contribution in [1.82, 2.24) is 14.5 Å². The van der Waals surface area contributed by atoms with Crippen LogP contribution in [0, 0.1) is 18.3 Å². The molecule has 0 unspecified atom stereocenters. The third-order valence-electron chi connectivity index (χ3n) is 3.91. The number of aromatic nitrogens is 3. The van der Waals surface area contributed by atoms with Crippen LogP contribution in [0.1, 0.15) is 22.6 Å². The number of nitrogens with zero attached hydrogens (tertiary/aromatic N) is 4. The van der Waals surface area contributed by atoms with Crippen molar-refractivity contribution in [1.29, 1.82) is 5.26 Å². The van der Waals surface area contributed by atoms with Crippen molar-refractivity contribution in [3.8, 4) is 6.07 Å². The summed E-state index contributed by atoms with van der Waals surface area (Å²) in [7, 11) is 1.84. The quantitative estimate of drug-likeness (QED) is 0.784. The van der Waals surface area contributed by atoms with Crippen LogP contribution in [-0.2, 0) is 19.8 Å². The van der Waals surface area contributed by atoms with Crippen molar-refractivity contribution in [2.24, 2.45) is 7.05 Å². The number of aryl methyl sites for hydroxylation is 2. The van der Waals surface area contributed by atoms with Crippen LogP contribution < -0.4 is 5.32 Å². The number of pyridine rings is 1. The summed E-state index contributed by atoms with van der Waals surface area (Å²) in [5, 5.41) is 11.9. The first-order valence-corrected chi connectivity index (χ1v) is 7.44. The number of nitrogens with one attached hydrogen (secondary N) is 1. The molecule has 3 aromatic rings. The number of imidazole rings is 1. The van der Waals surface area contributed by atoms with Crippen LogP contribution in [0.5, 0.6) is 0 Å². The van der Waals surface area contributed by atoms with Crippen molar-refractivity contribution >= 4 is 16.9 Å². The number of halogens is 3. The second kappa shape index (κ2) is 6.09. The third kappa shape index (κ3) is 3.13. The number of hydrogen-bond acceptors (Lipinski definition) is 4. The van der Waals surface area contributed by atoms with Gasteiger partial charge in [-0.2, -0.15) is 18.4 Å². The fraction of sp³-hybridized carbons (Fsp3) is 0.235. The molecule has 2 heterocycles. The van der Waals surface area contributed by atoms with Gasteiger partial charge in [0.15, 0.2) is 0 Å². The van der Waals surface area contributed by atoms with E-state index in [1.807, 2.05) is 42.8 Å². The Morgan fingerprint density at radius 1 is 1.20 bits per heavy atom. The molecule has 0 radical (unpaired) electrons. The number of hydrogen-bond donors (Lipinski definition) is 1. The van der Waals surface area contributed by atoms with E-state index in [-0.39, 0.29) is 17.9 Å². The minimum Gasteiger partial charge on any atom is -0.362 e. The number of alkyl halides is 3. The molecule has 0 aliphatic rings. The summed E-state index contributed by atoms with van der Waals surface area (Å²) in [4.78, 5) is 8.02. The van der Waals surface area contributed by atoms with Crippen LogP contribution in [0.4, 0.5) is 19.0 Å². The second-order valence-electron chi connectivity index (χ2n) is 5.59. The van der Waals surface area contributed by atoms with Gasteiger partial charge < -0.3 is 9.88 Å². The fourth-order valence-corrected chi connectivity index (χ4v) is 2.68. The van der Waals surface area contributed by atoms with Crippen molar-refractivity contribution in [3.63, 3.8) is 0 Å². The molecule has 0 fully saturated rings. The van der Waals surface area contributed by atoms with Gasteiger partial charge in [0.05, 0.1) is 23.1 Å². The monoisotopic (exact) mass is 345 g/mol. The first kappa shape index (κ1) is 16.8. The molecule has 0 spiro atoms. The van der Waals surface area contributed by atoms with Gasteiger partial charge in [-0.1, -0.05) is 12.1 Å². The zero-order chi connectivity index (χ0) is 18.2. The van der Waals surface area contributed by atoms with E-state index in [0.717, 1.165) is 28.7 Å². The number of rotatable bonds is 3. The van der Waals surface area contributed by atoms with Crippen LogP contribution in [-0.4, -0.2) is 14.5 Å². The Labute approximate surface area is 141 Å². The van der Waals surface area contributed by atoms with Gasteiger partial charge in [-0.25, -0.2) is 9.97 Å². The highest BCUT2D eigenvalue weighted by Gasteiger charge is 2.33. The van der Waals surface area contributed by atoms with E-state index in [9.17, 15) is 13.2 Å². The standard InChI is InChI=1S/C17H14F3N5/c1-10-4-3-5-12-15(10)25(2)14(23-12)9-22-16-11(8-21)6-7-13(24-16)17(18,19)20/h3-7H,9H2,1-2H3,(H,22,24). The maximum atomic E-state index is 12.8. The minimum absolute atomic E-state index is 0.0444. The smallest absolute Gasteiger partial charge is 0.362 e. The topological polar surface area (TPSA) is 66.5 Å². The van der Waals surface area contributed by atoms with Crippen molar-refractivity contribution < 1.29 is 13.2 Å². The van der Waals surface area contributed by atoms with Gasteiger partial charge in [0.1, 0.15) is 23.4 Å². The molecule has 8 heteroatoms. The highest BCUT2D eigenvalue weighted by Crippen LogP contribution is 2.29. The molecule has 0 atom stereocenters. The van der Waals surface area contributed by atoms with E-state index in [1.54, 1.807) is 0 Å². The molecule has 0 saturated carbocycles. The molecule has 0 bridgehead atoms. The lowest BCUT2D eigenvalue weighted by molar-refractivity contribution is -0.141. The summed E-state index contributed by atoms with van der Waals surface area (Å²) in [6, 6.07) is 9.47. The van der Waals surface area contributed by atoms with E-state index >= 15 is 0 Å². The van der Waals surface area contributed by atoms with E-state index in [4.69, 9.17) is 5.26 Å². The Morgan fingerprint density at radius 3 is 2.60 bits per heavy atom. The molecule has 3 rings (SSSR count). The molecular weight excluding hydrogens is 331 g/mol. The van der Waals surface area contributed by atoms with Gasteiger partial charge in [-0.05, 0) is 30.7 Å². The predicted octanol–water partition coefficient (Wildman–Crippen LogP) is 3.78. The molecule has 5 nitrogen and oxygen atoms in total. The summed E-state index contributed by atoms with van der Waals surface area (Å²) >= 11 is 0. The van der Waals surface area contributed by atoms with Gasteiger partial charge in [-0.3, -0.25) is 0 Å². The molecule has 1 N–H and O–H groups in total. The predicted molar refractivity (Wildman–Crippen MR) is 86.7 cm³/mol. The largest absolute Gasteiger partial charge is 0.433 e. The fourth-order valence-electron chi connectivity index (χ4n) is 2.68. The molecule has 0 saturated heterocycles. The molecule has 128 valence electrons. The number of para-hydroxylation sites is 1. The SMILES string of the molecule is Cc1cccc2nc(CNc3nc(C(F)(F)F)ccc3C#N)n(C)c12. The van der Waals surface area contributed by atoms with Crippen molar-refractivity contribution in [3.05, 3.63) is 53.0 Å². The lowest BCUT2D eigenvalue weighted by Crippen LogP contribution is -2.13. The number of nitriles is 1. The van der Waals surface area contributed by atoms with Gasteiger partial charge in [0, 0.05) is 7.05 Å². The molecule has 0 amide bonds. The van der Waals surface area contributed by atoms with Crippen LogP contribution >= 0.6 is 0 Å².